The van der Waals surface area contributed by atoms with Gasteiger partial charge in [0.05, 0.1) is 11.6 Å². The minimum atomic E-state index is -0.503. The van der Waals surface area contributed by atoms with Gasteiger partial charge < -0.3 is 15.0 Å². The quantitative estimate of drug-likeness (QED) is 0.313. The van der Waals surface area contributed by atoms with Crippen LogP contribution in [0.1, 0.15) is 30.5 Å². The first kappa shape index (κ1) is 24.0. The number of aromatic nitrogens is 5. The summed E-state index contributed by atoms with van der Waals surface area (Å²) < 4.78 is 22.9. The molecule has 202 valence electrons. The molecule has 2 fully saturated rings. The van der Waals surface area contributed by atoms with Crippen LogP contribution in [0.3, 0.4) is 0 Å². The summed E-state index contributed by atoms with van der Waals surface area (Å²) in [5, 5.41) is 13.7. The highest BCUT2D eigenvalue weighted by Crippen LogP contribution is 2.38. The lowest BCUT2D eigenvalue weighted by Gasteiger charge is -2.34. The number of anilines is 1. The maximum Gasteiger partial charge on any atom is 0.319 e. The number of hydrogen-bond donors (Lipinski definition) is 2. The van der Waals surface area contributed by atoms with E-state index in [0.717, 1.165) is 60.8 Å². The van der Waals surface area contributed by atoms with E-state index in [0.29, 0.717) is 40.3 Å². The molecule has 0 radical (unpaired) electrons. The molecule has 3 aromatic heterocycles. The minimum Gasteiger partial charge on any atom is -0.460 e. The molecule has 2 saturated heterocycles. The Morgan fingerprint density at radius 2 is 1.82 bits per heavy atom. The van der Waals surface area contributed by atoms with E-state index in [1.165, 1.54) is 0 Å². The fourth-order valence-electron chi connectivity index (χ4n) is 6.60. The van der Waals surface area contributed by atoms with Gasteiger partial charge in [-0.25, -0.2) is 4.39 Å². The second-order valence-corrected chi connectivity index (χ2v) is 11.5. The molecule has 8 rings (SSSR count). The number of fused-ring (bicyclic) bond motifs is 5. The smallest absolute Gasteiger partial charge is 0.319 e. The van der Waals surface area contributed by atoms with Gasteiger partial charge in [0, 0.05) is 59.5 Å². The van der Waals surface area contributed by atoms with Gasteiger partial charge in [0.1, 0.15) is 23.1 Å². The van der Waals surface area contributed by atoms with Crippen LogP contribution in [0, 0.1) is 5.82 Å². The zero-order chi connectivity index (χ0) is 26.8. The summed E-state index contributed by atoms with van der Waals surface area (Å²) >= 11 is 6.59. The molecule has 2 N–H and O–H groups in total. The Morgan fingerprint density at radius 1 is 1.00 bits per heavy atom. The van der Waals surface area contributed by atoms with E-state index < -0.39 is 5.82 Å². The van der Waals surface area contributed by atoms with Crippen molar-refractivity contribution in [3.05, 3.63) is 70.9 Å². The molecule has 2 aliphatic heterocycles. The molecule has 0 saturated carbocycles. The topological polar surface area (TPSA) is 91.8 Å². The zero-order valence-electron chi connectivity index (χ0n) is 21.7. The Morgan fingerprint density at radius 3 is 2.67 bits per heavy atom. The van der Waals surface area contributed by atoms with E-state index in [4.69, 9.17) is 21.3 Å². The van der Waals surface area contributed by atoms with Crippen LogP contribution in [-0.2, 0) is 12.8 Å². The first-order valence-corrected chi connectivity index (χ1v) is 14.2. The lowest BCUT2D eigenvalue weighted by atomic mass is 9.96. The summed E-state index contributed by atoms with van der Waals surface area (Å²) in [6.45, 7) is 1.60. The van der Waals surface area contributed by atoms with Gasteiger partial charge >= 0.3 is 6.01 Å². The molecule has 1 unspecified atom stereocenters. The van der Waals surface area contributed by atoms with Crippen LogP contribution >= 0.6 is 11.6 Å². The van der Waals surface area contributed by atoms with Gasteiger partial charge in [-0.15, -0.1) is 0 Å². The average molecular weight is 556 g/mol. The minimum absolute atomic E-state index is 0.115. The molecular formula is C30H27ClFN7O. The van der Waals surface area contributed by atoms with E-state index >= 15 is 4.39 Å². The Bertz CT molecular complexity index is 1760. The van der Waals surface area contributed by atoms with Crippen molar-refractivity contribution in [2.45, 2.75) is 50.3 Å². The zero-order valence-corrected chi connectivity index (χ0v) is 22.5. The molecule has 10 heteroatoms. The number of aromatic amines is 1. The second kappa shape index (κ2) is 9.38. The van der Waals surface area contributed by atoms with Crippen molar-refractivity contribution in [3.8, 4) is 17.3 Å². The molecule has 0 spiro atoms. The van der Waals surface area contributed by atoms with Crippen LogP contribution in [0.15, 0.2) is 48.8 Å². The lowest BCUT2D eigenvalue weighted by molar-refractivity contribution is 0.169. The molecule has 40 heavy (non-hydrogen) atoms. The number of halogens is 2. The number of piperazine rings is 1. The summed E-state index contributed by atoms with van der Waals surface area (Å²) in [7, 11) is 0. The van der Waals surface area contributed by atoms with E-state index in [1.807, 2.05) is 42.6 Å². The van der Waals surface area contributed by atoms with Crippen LogP contribution in [0.5, 0.6) is 6.01 Å². The molecular weight excluding hydrogens is 529 g/mol. The van der Waals surface area contributed by atoms with Gasteiger partial charge in [0.15, 0.2) is 5.82 Å². The molecule has 0 amide bonds. The maximum absolute atomic E-state index is 16.5. The normalized spacial score (nSPS) is 22.1. The van der Waals surface area contributed by atoms with Crippen molar-refractivity contribution in [3.63, 3.8) is 0 Å². The first-order chi connectivity index (χ1) is 19.6. The molecule has 2 bridgehead atoms. The fourth-order valence-corrected chi connectivity index (χ4v) is 6.88. The van der Waals surface area contributed by atoms with Crippen molar-refractivity contribution >= 4 is 39.1 Å². The molecule has 2 aromatic carbocycles. The highest BCUT2D eigenvalue weighted by Gasteiger charge is 2.34. The Kier molecular flexibility index (Phi) is 5.63. The van der Waals surface area contributed by atoms with Gasteiger partial charge in [-0.2, -0.15) is 15.1 Å². The van der Waals surface area contributed by atoms with Crippen LogP contribution in [0.25, 0.3) is 32.9 Å². The number of hydrogen-bond acceptors (Lipinski definition) is 7. The average Bonchev–Trinajstić information content (AvgIpc) is 3.58. The highest BCUT2D eigenvalue weighted by molar-refractivity contribution is 6.36. The third-order valence-corrected chi connectivity index (χ3v) is 8.83. The second-order valence-electron chi connectivity index (χ2n) is 11.1. The van der Waals surface area contributed by atoms with Crippen molar-refractivity contribution in [1.29, 1.82) is 0 Å². The number of nitrogens with one attached hydrogen (secondary N) is 2. The lowest BCUT2D eigenvalue weighted by Crippen LogP contribution is -2.51. The first-order valence-electron chi connectivity index (χ1n) is 13.8. The SMILES string of the molecule is Fc1c(-c2cccc3cccc(Cl)c23)ncc2c(N3C[C@H]4CC[C@@H](C3)N4)nc(OC3CCc4[nH]ncc4C3)nc12. The third-order valence-electron chi connectivity index (χ3n) is 8.51. The summed E-state index contributed by atoms with van der Waals surface area (Å²) in [5.74, 6) is 0.171. The molecule has 1 aliphatic carbocycles. The van der Waals surface area contributed by atoms with Crippen molar-refractivity contribution in [2.24, 2.45) is 0 Å². The van der Waals surface area contributed by atoms with Gasteiger partial charge in [-0.3, -0.25) is 10.1 Å². The largest absolute Gasteiger partial charge is 0.460 e. The van der Waals surface area contributed by atoms with Crippen LogP contribution in [0.2, 0.25) is 5.02 Å². The van der Waals surface area contributed by atoms with Crippen LogP contribution < -0.4 is 15.0 Å². The monoisotopic (exact) mass is 555 g/mol. The predicted molar refractivity (Wildman–Crippen MR) is 152 cm³/mol. The number of H-pyrrole nitrogens is 1. The molecule has 5 heterocycles. The molecule has 8 nitrogen and oxygen atoms in total. The number of aryl methyl sites for hydroxylation is 1. The summed E-state index contributed by atoms with van der Waals surface area (Å²) in [6, 6.07) is 12.3. The number of nitrogens with zero attached hydrogens (tertiary/aromatic N) is 5. The van der Waals surface area contributed by atoms with Crippen molar-refractivity contribution in [2.75, 3.05) is 18.0 Å². The van der Waals surface area contributed by atoms with E-state index in [2.05, 4.69) is 30.4 Å². The van der Waals surface area contributed by atoms with Crippen molar-refractivity contribution < 1.29 is 9.13 Å². The fraction of sp³-hybridized carbons (Fsp3) is 0.333. The number of ether oxygens (including phenoxy) is 1. The molecule has 5 aromatic rings. The number of benzene rings is 2. The summed E-state index contributed by atoms with van der Waals surface area (Å²) in [4.78, 5) is 16.4. The van der Waals surface area contributed by atoms with Gasteiger partial charge in [-0.1, -0.05) is 41.9 Å². The Labute approximate surface area is 234 Å². The highest BCUT2D eigenvalue weighted by atomic mass is 35.5. The number of rotatable bonds is 4. The van der Waals surface area contributed by atoms with Crippen LogP contribution in [-0.4, -0.2) is 56.4 Å². The van der Waals surface area contributed by atoms with Crippen LogP contribution in [0.4, 0.5) is 10.2 Å². The summed E-state index contributed by atoms with van der Waals surface area (Å²) in [6.07, 6.45) is 8.04. The summed E-state index contributed by atoms with van der Waals surface area (Å²) in [5.41, 5.74) is 3.33. The Balaban J connectivity index is 1.26. The molecule has 3 atom stereocenters. The van der Waals surface area contributed by atoms with E-state index in [9.17, 15) is 0 Å². The predicted octanol–water partition coefficient (Wildman–Crippen LogP) is 5.24. The number of pyridine rings is 1. The third kappa shape index (κ3) is 3.98. The van der Waals surface area contributed by atoms with Gasteiger partial charge in [-0.05, 0) is 42.7 Å². The van der Waals surface area contributed by atoms with E-state index in [-0.39, 0.29) is 23.3 Å². The van der Waals surface area contributed by atoms with Gasteiger partial charge in [0.2, 0.25) is 0 Å². The van der Waals surface area contributed by atoms with Crippen molar-refractivity contribution in [1.82, 2.24) is 30.5 Å². The Hall–Kier alpha value is -3.82. The molecule has 3 aliphatic rings. The standard InChI is InChI=1S/C30H27ClFN7O/c31-23-6-2-4-16-3-1-5-21(25(16)23)27-26(32)28-22(13-33-27)29(39-14-18-7-8-19(15-39)35-18)37-30(36-28)40-20-9-10-24-17(11-20)12-34-38-24/h1-6,12-13,18-20,35H,7-11,14-15H2,(H,34,38)/t18-,19+,20?. The van der Waals surface area contributed by atoms with Gasteiger partial charge in [0.25, 0.3) is 0 Å². The maximum atomic E-state index is 16.5. The van der Waals surface area contributed by atoms with E-state index in [1.54, 1.807) is 6.20 Å².